The Morgan fingerprint density at radius 1 is 1.33 bits per heavy atom. The van der Waals surface area contributed by atoms with E-state index in [0.29, 0.717) is 4.90 Å². The smallest absolute Gasteiger partial charge is 1.00 e. The molecule has 0 aliphatic rings. The molecule has 12 heavy (non-hydrogen) atoms. The summed E-state index contributed by atoms with van der Waals surface area (Å²) in [6, 6.07) is 6.58. The summed E-state index contributed by atoms with van der Waals surface area (Å²) in [5.41, 5.74) is 0.242. The standard InChI is InChI=1S/C7H6O2S.2Na.2H/c8-7(9)5-3-1-2-4-6(5)10;;;;/h1-4,10H,(H,8,9);;;;/q;2*+1;2*-1. The molecule has 0 heterocycles. The van der Waals surface area contributed by atoms with E-state index < -0.39 is 5.97 Å². The molecule has 0 aliphatic carbocycles. The number of rotatable bonds is 1. The average Bonchev–Trinajstić information content (AvgIpc) is 1.88. The fourth-order valence-corrected chi connectivity index (χ4v) is 0.911. The number of carbonyl (C=O) groups is 1. The first-order chi connectivity index (χ1) is 4.72. The maximum Gasteiger partial charge on any atom is 1.00 e. The number of hydrogen-bond acceptors (Lipinski definition) is 2. The summed E-state index contributed by atoms with van der Waals surface area (Å²) in [6.45, 7) is 0. The van der Waals surface area contributed by atoms with Crippen molar-refractivity contribution in [2.24, 2.45) is 0 Å². The first-order valence-corrected chi connectivity index (χ1v) is 3.18. The predicted octanol–water partition coefficient (Wildman–Crippen LogP) is -4.09. The van der Waals surface area contributed by atoms with E-state index in [0.717, 1.165) is 0 Å². The quantitative estimate of drug-likeness (QED) is 0.359. The largest absolute Gasteiger partial charge is 1.00 e. The van der Waals surface area contributed by atoms with Crippen molar-refractivity contribution in [2.45, 2.75) is 4.90 Å². The van der Waals surface area contributed by atoms with Crippen molar-refractivity contribution >= 4 is 18.6 Å². The van der Waals surface area contributed by atoms with Gasteiger partial charge in [0.15, 0.2) is 0 Å². The van der Waals surface area contributed by atoms with Gasteiger partial charge in [-0.15, -0.1) is 12.6 Å². The van der Waals surface area contributed by atoms with Crippen LogP contribution in [0.1, 0.15) is 13.2 Å². The van der Waals surface area contributed by atoms with E-state index >= 15 is 0 Å². The Bertz CT molecular complexity index is 274. The maximum atomic E-state index is 10.4. The van der Waals surface area contributed by atoms with E-state index in [4.69, 9.17) is 5.11 Å². The molecule has 0 aliphatic heterocycles. The minimum atomic E-state index is -0.939. The monoisotopic (exact) mass is 202 g/mol. The normalized spacial score (nSPS) is 7.75. The van der Waals surface area contributed by atoms with Crippen LogP contribution >= 0.6 is 12.6 Å². The van der Waals surface area contributed by atoms with Crippen molar-refractivity contribution in [3.63, 3.8) is 0 Å². The van der Waals surface area contributed by atoms with Gasteiger partial charge in [0.1, 0.15) is 0 Å². The van der Waals surface area contributed by atoms with Crippen LogP contribution in [-0.4, -0.2) is 11.1 Å². The third kappa shape index (κ3) is 4.33. The summed E-state index contributed by atoms with van der Waals surface area (Å²) >= 11 is 3.96. The Kier molecular flexibility index (Phi) is 9.62. The van der Waals surface area contributed by atoms with Crippen LogP contribution in [-0.2, 0) is 0 Å². The molecular formula is C7H8Na2O2S. The molecule has 56 valence electrons. The van der Waals surface area contributed by atoms with E-state index in [2.05, 4.69) is 12.6 Å². The molecule has 1 aromatic rings. The average molecular weight is 202 g/mol. The van der Waals surface area contributed by atoms with Crippen LogP contribution in [0.15, 0.2) is 29.2 Å². The molecule has 0 amide bonds. The van der Waals surface area contributed by atoms with Gasteiger partial charge in [0, 0.05) is 4.90 Å². The first-order valence-electron chi connectivity index (χ1n) is 2.73. The zero-order chi connectivity index (χ0) is 7.56. The van der Waals surface area contributed by atoms with Gasteiger partial charge >= 0.3 is 65.1 Å². The number of thiol groups is 1. The van der Waals surface area contributed by atoms with E-state index in [1.54, 1.807) is 18.2 Å². The van der Waals surface area contributed by atoms with E-state index in [1.807, 2.05) is 0 Å². The van der Waals surface area contributed by atoms with Crippen LogP contribution in [0, 0.1) is 0 Å². The molecule has 1 N–H and O–H groups in total. The molecule has 0 saturated heterocycles. The van der Waals surface area contributed by atoms with Crippen molar-refractivity contribution < 1.29 is 71.9 Å². The molecule has 1 rings (SSSR count). The van der Waals surface area contributed by atoms with Crippen LogP contribution in [0.3, 0.4) is 0 Å². The van der Waals surface area contributed by atoms with Crippen LogP contribution in [0.5, 0.6) is 0 Å². The SMILES string of the molecule is O=C(O)c1ccccc1S.[H-].[H-].[Na+].[Na+]. The molecule has 0 aromatic heterocycles. The fourth-order valence-electron chi connectivity index (χ4n) is 0.654. The molecule has 0 bridgehead atoms. The molecule has 0 unspecified atom stereocenters. The summed E-state index contributed by atoms with van der Waals surface area (Å²) in [7, 11) is 0. The molecule has 0 spiro atoms. The second kappa shape index (κ2) is 7.44. The molecule has 0 atom stereocenters. The molecule has 0 saturated carbocycles. The van der Waals surface area contributed by atoms with Crippen LogP contribution in [0.2, 0.25) is 0 Å². The molecule has 5 heteroatoms. The van der Waals surface area contributed by atoms with Crippen molar-refractivity contribution in [1.29, 1.82) is 0 Å². The van der Waals surface area contributed by atoms with Crippen molar-refractivity contribution in [3.8, 4) is 0 Å². The number of carboxylic acid groups (broad SMARTS) is 1. The van der Waals surface area contributed by atoms with Crippen LogP contribution in [0.4, 0.5) is 0 Å². The molecule has 1 aromatic carbocycles. The number of carboxylic acids is 1. The fraction of sp³-hybridized carbons (Fsp3) is 0. The number of benzene rings is 1. The minimum absolute atomic E-state index is 0. The van der Waals surface area contributed by atoms with Crippen molar-refractivity contribution in [3.05, 3.63) is 29.8 Å². The first kappa shape index (κ1) is 15.5. The zero-order valence-corrected chi connectivity index (χ0v) is 12.0. The van der Waals surface area contributed by atoms with E-state index in [1.165, 1.54) is 6.07 Å². The molecule has 0 radical (unpaired) electrons. The third-order valence-corrected chi connectivity index (χ3v) is 1.52. The van der Waals surface area contributed by atoms with Crippen LogP contribution in [0.25, 0.3) is 0 Å². The Morgan fingerprint density at radius 2 is 1.83 bits per heavy atom. The van der Waals surface area contributed by atoms with Crippen molar-refractivity contribution in [1.82, 2.24) is 0 Å². The van der Waals surface area contributed by atoms with Gasteiger partial charge in [0.2, 0.25) is 0 Å². The van der Waals surface area contributed by atoms with Gasteiger partial charge in [-0.25, -0.2) is 4.79 Å². The van der Waals surface area contributed by atoms with Gasteiger partial charge in [-0.05, 0) is 12.1 Å². The van der Waals surface area contributed by atoms with Gasteiger partial charge in [0.25, 0.3) is 0 Å². The minimum Gasteiger partial charge on any atom is -1.00 e. The second-order valence-electron chi connectivity index (χ2n) is 1.82. The Balaban J connectivity index is -0.000000125. The number of hydrogen-bond donors (Lipinski definition) is 2. The van der Waals surface area contributed by atoms with E-state index in [9.17, 15) is 4.79 Å². The predicted molar refractivity (Wildman–Crippen MR) is 42.9 cm³/mol. The summed E-state index contributed by atoms with van der Waals surface area (Å²) in [5, 5.41) is 8.52. The van der Waals surface area contributed by atoms with Gasteiger partial charge in [-0.2, -0.15) is 0 Å². The summed E-state index contributed by atoms with van der Waals surface area (Å²) in [5.74, 6) is -0.939. The van der Waals surface area contributed by atoms with Gasteiger partial charge in [-0.3, -0.25) is 0 Å². The van der Waals surface area contributed by atoms with E-state index in [-0.39, 0.29) is 67.5 Å². The topological polar surface area (TPSA) is 37.3 Å². The van der Waals surface area contributed by atoms with Crippen molar-refractivity contribution in [2.75, 3.05) is 0 Å². The summed E-state index contributed by atoms with van der Waals surface area (Å²) < 4.78 is 0. The second-order valence-corrected chi connectivity index (χ2v) is 2.30. The maximum absolute atomic E-state index is 10.4. The van der Waals surface area contributed by atoms with Gasteiger partial charge in [0.05, 0.1) is 5.56 Å². The number of aromatic carboxylic acids is 1. The van der Waals surface area contributed by atoms with Crippen LogP contribution < -0.4 is 59.1 Å². The summed E-state index contributed by atoms with van der Waals surface area (Å²) in [6.07, 6.45) is 0. The third-order valence-electron chi connectivity index (χ3n) is 1.13. The van der Waals surface area contributed by atoms with Gasteiger partial charge < -0.3 is 7.96 Å². The summed E-state index contributed by atoms with van der Waals surface area (Å²) in [4.78, 5) is 10.9. The zero-order valence-electron chi connectivity index (χ0n) is 9.11. The molecule has 0 fully saturated rings. The Hall–Kier alpha value is 1.04. The Morgan fingerprint density at radius 3 is 2.17 bits per heavy atom. The Labute approximate surface area is 124 Å². The molecular weight excluding hydrogens is 194 g/mol. The van der Waals surface area contributed by atoms with Gasteiger partial charge in [-0.1, -0.05) is 12.1 Å². The molecule has 2 nitrogen and oxygen atoms in total.